The van der Waals surface area contributed by atoms with E-state index in [1.165, 1.54) is 12.3 Å². The summed E-state index contributed by atoms with van der Waals surface area (Å²) in [6, 6.07) is 1.29. The molecule has 0 fully saturated rings. The second kappa shape index (κ2) is 9.32. The Morgan fingerprint density at radius 2 is 1.50 bits per heavy atom. The van der Waals surface area contributed by atoms with Gasteiger partial charge in [-0.05, 0) is 41.5 Å². The van der Waals surface area contributed by atoms with Crippen molar-refractivity contribution in [3.05, 3.63) is 0 Å². The minimum Gasteiger partial charge on any atom is -0.378 e. The molecule has 0 aromatic heterocycles. The lowest BCUT2D eigenvalue weighted by Crippen LogP contribution is -2.38. The van der Waals surface area contributed by atoms with Crippen LogP contribution in [0, 0.1) is 0 Å². The predicted molar refractivity (Wildman–Crippen MR) is 75.4 cm³/mol. The van der Waals surface area contributed by atoms with E-state index in [9.17, 15) is 0 Å². The maximum Gasteiger partial charge on any atom is 0.0560 e. The molecule has 0 saturated carbocycles. The molecule has 0 aliphatic carbocycles. The maximum atomic E-state index is 5.51. The van der Waals surface area contributed by atoms with E-state index in [-0.39, 0.29) is 0 Å². The molecule has 0 aromatic rings. The largest absolute Gasteiger partial charge is 0.378 e. The number of ether oxygens (including phenoxy) is 1. The van der Waals surface area contributed by atoms with Gasteiger partial charge in [0.25, 0.3) is 0 Å². The summed E-state index contributed by atoms with van der Waals surface area (Å²) < 4.78 is 5.51. The lowest BCUT2D eigenvalue weighted by molar-refractivity contribution is 0.0920. The van der Waals surface area contributed by atoms with Gasteiger partial charge in [-0.15, -0.1) is 0 Å². The van der Waals surface area contributed by atoms with Crippen molar-refractivity contribution in [1.82, 2.24) is 4.90 Å². The van der Waals surface area contributed by atoms with E-state index in [2.05, 4.69) is 46.4 Å². The first-order chi connectivity index (χ1) is 7.45. The summed E-state index contributed by atoms with van der Waals surface area (Å²) >= 11 is 1.99. The maximum absolute atomic E-state index is 5.51. The van der Waals surface area contributed by atoms with Crippen molar-refractivity contribution in [3.8, 4) is 0 Å². The third kappa shape index (κ3) is 8.43. The molecule has 0 aliphatic heterocycles. The van der Waals surface area contributed by atoms with Crippen LogP contribution in [0.2, 0.25) is 0 Å². The molecule has 0 unspecified atom stereocenters. The first-order valence-corrected chi connectivity index (χ1v) is 7.55. The van der Waals surface area contributed by atoms with E-state index in [0.29, 0.717) is 18.2 Å². The Morgan fingerprint density at radius 1 is 0.938 bits per heavy atom. The van der Waals surface area contributed by atoms with Gasteiger partial charge in [-0.2, -0.15) is 11.8 Å². The summed E-state index contributed by atoms with van der Waals surface area (Å²) in [5, 5.41) is 0. The van der Waals surface area contributed by atoms with Gasteiger partial charge in [0.05, 0.1) is 12.7 Å². The van der Waals surface area contributed by atoms with E-state index in [1.54, 1.807) is 0 Å². The van der Waals surface area contributed by atoms with Crippen molar-refractivity contribution < 1.29 is 4.74 Å². The molecule has 0 N–H and O–H groups in total. The van der Waals surface area contributed by atoms with Crippen LogP contribution in [0.1, 0.15) is 41.5 Å². The van der Waals surface area contributed by atoms with Crippen LogP contribution in [0.5, 0.6) is 0 Å². The Bertz CT molecular complexity index is 152. The summed E-state index contributed by atoms with van der Waals surface area (Å²) in [5.74, 6) is 2.32. The smallest absolute Gasteiger partial charge is 0.0560 e. The normalized spacial score (nSPS) is 12.4. The Labute approximate surface area is 106 Å². The molecule has 0 spiro atoms. The van der Waals surface area contributed by atoms with Crippen LogP contribution >= 0.6 is 11.8 Å². The van der Waals surface area contributed by atoms with Gasteiger partial charge >= 0.3 is 0 Å². The molecule has 0 aliphatic rings. The van der Waals surface area contributed by atoms with Crippen LogP contribution in [-0.4, -0.2) is 47.7 Å². The molecule has 3 heteroatoms. The molecule has 0 rings (SSSR count). The minimum absolute atomic E-state index is 0.364. The first kappa shape index (κ1) is 16.3. The van der Waals surface area contributed by atoms with Crippen LogP contribution in [0.3, 0.4) is 0 Å². The van der Waals surface area contributed by atoms with Crippen LogP contribution in [0.4, 0.5) is 0 Å². The van der Waals surface area contributed by atoms with Crippen molar-refractivity contribution in [2.24, 2.45) is 0 Å². The monoisotopic (exact) mass is 247 g/mol. The van der Waals surface area contributed by atoms with Gasteiger partial charge in [0.2, 0.25) is 0 Å². The van der Waals surface area contributed by atoms with Crippen LogP contribution in [0.25, 0.3) is 0 Å². The highest BCUT2D eigenvalue weighted by molar-refractivity contribution is 7.99. The Balaban J connectivity index is 3.48. The Kier molecular flexibility index (Phi) is 9.47. The molecule has 0 amide bonds. The average Bonchev–Trinajstić information content (AvgIpc) is 2.14. The zero-order valence-electron chi connectivity index (χ0n) is 11.8. The predicted octanol–water partition coefficient (Wildman–Crippen LogP) is 3.26. The second-order valence-corrected chi connectivity index (χ2v) is 6.18. The summed E-state index contributed by atoms with van der Waals surface area (Å²) in [6.45, 7) is 15.3. The van der Waals surface area contributed by atoms with E-state index in [0.717, 1.165) is 12.4 Å². The highest BCUT2D eigenvalue weighted by Gasteiger charge is 2.12. The van der Waals surface area contributed by atoms with Crippen molar-refractivity contribution >= 4 is 11.8 Å². The van der Waals surface area contributed by atoms with Gasteiger partial charge in [0.1, 0.15) is 0 Å². The molecule has 0 saturated heterocycles. The third-order valence-corrected chi connectivity index (χ3v) is 3.43. The molecule has 0 bridgehead atoms. The van der Waals surface area contributed by atoms with Gasteiger partial charge in [0, 0.05) is 30.1 Å². The van der Waals surface area contributed by atoms with Gasteiger partial charge in [0.15, 0.2) is 0 Å². The minimum atomic E-state index is 0.364. The first-order valence-electron chi connectivity index (χ1n) is 6.40. The Morgan fingerprint density at radius 3 is 1.94 bits per heavy atom. The molecule has 0 heterocycles. The van der Waals surface area contributed by atoms with E-state index in [1.807, 2.05) is 11.8 Å². The topological polar surface area (TPSA) is 12.5 Å². The molecule has 2 nitrogen and oxygen atoms in total. The highest BCUT2D eigenvalue weighted by Crippen LogP contribution is 2.08. The molecule has 16 heavy (non-hydrogen) atoms. The fraction of sp³-hybridized carbons (Fsp3) is 1.00. The van der Waals surface area contributed by atoms with Gasteiger partial charge in [-0.1, -0.05) is 0 Å². The SMILES string of the molecule is CC(C)OCCSCCN(C(C)C)C(C)C. The number of hydrogen-bond acceptors (Lipinski definition) is 3. The number of thioether (sulfide) groups is 1. The van der Waals surface area contributed by atoms with Crippen LogP contribution < -0.4 is 0 Å². The van der Waals surface area contributed by atoms with Crippen LogP contribution in [-0.2, 0) is 4.74 Å². The number of nitrogens with zero attached hydrogens (tertiary/aromatic N) is 1. The molecular formula is C13H29NOS. The van der Waals surface area contributed by atoms with Crippen molar-refractivity contribution in [2.75, 3.05) is 24.7 Å². The summed E-state index contributed by atoms with van der Waals surface area (Å²) in [6.07, 6.45) is 0.364. The Hall–Kier alpha value is 0.270. The molecular weight excluding hydrogens is 218 g/mol. The third-order valence-electron chi connectivity index (χ3n) is 2.50. The summed E-state index contributed by atoms with van der Waals surface area (Å²) in [7, 11) is 0. The van der Waals surface area contributed by atoms with Crippen LogP contribution in [0.15, 0.2) is 0 Å². The number of hydrogen-bond donors (Lipinski definition) is 0. The molecule has 0 aromatic carbocycles. The van der Waals surface area contributed by atoms with Gasteiger partial charge in [-0.3, -0.25) is 4.90 Å². The highest BCUT2D eigenvalue weighted by atomic mass is 32.2. The average molecular weight is 247 g/mol. The lowest BCUT2D eigenvalue weighted by Gasteiger charge is -2.30. The molecule has 0 atom stereocenters. The quantitative estimate of drug-likeness (QED) is 0.580. The lowest BCUT2D eigenvalue weighted by atomic mass is 10.2. The summed E-state index contributed by atoms with van der Waals surface area (Å²) in [5.41, 5.74) is 0. The van der Waals surface area contributed by atoms with E-state index in [4.69, 9.17) is 4.74 Å². The fourth-order valence-corrected chi connectivity index (χ4v) is 2.49. The van der Waals surface area contributed by atoms with E-state index >= 15 is 0 Å². The molecule has 98 valence electrons. The van der Waals surface area contributed by atoms with Gasteiger partial charge < -0.3 is 4.74 Å². The second-order valence-electron chi connectivity index (χ2n) is 4.96. The van der Waals surface area contributed by atoms with Crippen molar-refractivity contribution in [3.63, 3.8) is 0 Å². The van der Waals surface area contributed by atoms with E-state index < -0.39 is 0 Å². The fourth-order valence-electron chi connectivity index (χ4n) is 1.73. The zero-order chi connectivity index (χ0) is 12.6. The van der Waals surface area contributed by atoms with Crippen molar-refractivity contribution in [1.29, 1.82) is 0 Å². The van der Waals surface area contributed by atoms with Gasteiger partial charge in [-0.25, -0.2) is 0 Å². The standard InChI is InChI=1S/C13H29NOS/c1-11(2)14(12(3)4)7-9-16-10-8-15-13(5)6/h11-13H,7-10H2,1-6H3. The number of rotatable bonds is 9. The molecule has 0 radical (unpaired) electrons. The zero-order valence-corrected chi connectivity index (χ0v) is 12.6. The summed E-state index contributed by atoms with van der Waals surface area (Å²) in [4.78, 5) is 2.54. The van der Waals surface area contributed by atoms with Crippen molar-refractivity contribution in [2.45, 2.75) is 59.7 Å².